The average molecular weight is 533 g/mol. The molecule has 2 heterocycles. The van der Waals surface area contributed by atoms with Gasteiger partial charge in [0.2, 0.25) is 5.91 Å². The molecule has 2 saturated heterocycles. The molecule has 0 aliphatic carbocycles. The lowest BCUT2D eigenvalue weighted by atomic mass is 10.1. The second kappa shape index (κ2) is 14.7. The maximum absolute atomic E-state index is 12.7. The van der Waals surface area contributed by atoms with Crippen LogP contribution in [-0.2, 0) is 25.7 Å². The van der Waals surface area contributed by atoms with E-state index in [2.05, 4.69) is 44.9 Å². The van der Waals surface area contributed by atoms with Crippen molar-refractivity contribution < 1.29 is 19.1 Å². The Balaban J connectivity index is 1.34. The van der Waals surface area contributed by atoms with Crippen LogP contribution in [0.4, 0.5) is 5.69 Å². The van der Waals surface area contributed by atoms with Crippen LogP contribution in [0.25, 0.3) is 0 Å². The number of anilines is 1. The summed E-state index contributed by atoms with van der Waals surface area (Å²) in [6.45, 7) is 6.41. The fourth-order valence-electron chi connectivity index (χ4n) is 5.24. The maximum atomic E-state index is 12.7. The van der Waals surface area contributed by atoms with E-state index in [-0.39, 0.29) is 18.0 Å². The molecule has 39 heavy (non-hydrogen) atoms. The highest BCUT2D eigenvalue weighted by Gasteiger charge is 2.25. The van der Waals surface area contributed by atoms with Gasteiger partial charge in [0.15, 0.2) is 0 Å². The first-order valence-corrected chi connectivity index (χ1v) is 14.1. The van der Waals surface area contributed by atoms with Crippen LogP contribution in [0.2, 0.25) is 0 Å². The van der Waals surface area contributed by atoms with Gasteiger partial charge in [0.25, 0.3) is 0 Å². The van der Waals surface area contributed by atoms with Crippen molar-refractivity contribution in [2.75, 3.05) is 57.8 Å². The Morgan fingerprint density at radius 1 is 0.949 bits per heavy atom. The molecule has 0 aromatic heterocycles. The predicted molar refractivity (Wildman–Crippen MR) is 150 cm³/mol. The number of carbonyl (C=O) groups is 2. The van der Waals surface area contributed by atoms with Crippen LogP contribution in [0.5, 0.6) is 0 Å². The number of rotatable bonds is 12. The number of piperazine rings is 1. The monoisotopic (exact) mass is 532 g/mol. The Morgan fingerprint density at radius 3 is 2.36 bits per heavy atom. The standard InChI is InChI=1S/C31H40N4O4/c1-38-31(37)10-3-2-9-30(36)35-19-17-33(18-20-35)23-29(39-24-26-13-11-25(22-32)12-14-26)27-7-6-8-28(21-27)34-15-4-5-16-34/h6-8,11-14,21,29H,2-5,9-10,15-20,23-24H2,1H3. The molecule has 2 aromatic rings. The molecule has 0 bridgehead atoms. The summed E-state index contributed by atoms with van der Waals surface area (Å²) >= 11 is 0. The number of hydrogen-bond acceptors (Lipinski definition) is 7. The SMILES string of the molecule is COC(=O)CCCCC(=O)N1CCN(CC(OCc2ccc(C#N)cc2)c2cccc(N3CCCC3)c2)CC1. The van der Waals surface area contributed by atoms with E-state index >= 15 is 0 Å². The third kappa shape index (κ3) is 8.54. The molecule has 1 amide bonds. The van der Waals surface area contributed by atoms with Crippen LogP contribution in [0.1, 0.15) is 61.3 Å². The minimum absolute atomic E-state index is 0.108. The van der Waals surface area contributed by atoms with Crippen molar-refractivity contribution in [1.82, 2.24) is 9.80 Å². The summed E-state index contributed by atoms with van der Waals surface area (Å²) in [5.41, 5.74) is 4.10. The first-order valence-electron chi connectivity index (χ1n) is 14.1. The zero-order valence-electron chi connectivity index (χ0n) is 23.0. The molecule has 2 aliphatic heterocycles. The number of hydrogen-bond donors (Lipinski definition) is 0. The molecule has 0 radical (unpaired) electrons. The lowest BCUT2D eigenvalue weighted by molar-refractivity contribution is -0.141. The van der Waals surface area contributed by atoms with E-state index < -0.39 is 0 Å². The zero-order chi connectivity index (χ0) is 27.5. The average Bonchev–Trinajstić information content (AvgIpc) is 3.53. The molecular formula is C31H40N4O4. The number of amides is 1. The Kier molecular flexibility index (Phi) is 10.8. The number of ether oxygens (including phenoxy) is 2. The molecule has 8 nitrogen and oxygen atoms in total. The van der Waals surface area contributed by atoms with E-state index in [1.165, 1.54) is 25.6 Å². The zero-order valence-corrected chi connectivity index (χ0v) is 23.0. The molecule has 0 spiro atoms. The van der Waals surface area contributed by atoms with Gasteiger partial charge in [-0.15, -0.1) is 0 Å². The van der Waals surface area contributed by atoms with E-state index in [0.29, 0.717) is 50.9 Å². The van der Waals surface area contributed by atoms with Gasteiger partial charge >= 0.3 is 5.97 Å². The van der Waals surface area contributed by atoms with Crippen LogP contribution >= 0.6 is 0 Å². The second-order valence-corrected chi connectivity index (χ2v) is 10.4. The van der Waals surface area contributed by atoms with Gasteiger partial charge in [-0.2, -0.15) is 5.26 Å². The molecule has 4 rings (SSSR count). The van der Waals surface area contributed by atoms with Crippen LogP contribution < -0.4 is 4.90 Å². The smallest absolute Gasteiger partial charge is 0.305 e. The Bertz CT molecular complexity index is 1120. The molecule has 208 valence electrons. The molecular weight excluding hydrogens is 492 g/mol. The molecule has 8 heteroatoms. The van der Waals surface area contributed by atoms with Crippen molar-refractivity contribution in [1.29, 1.82) is 5.26 Å². The number of benzene rings is 2. The van der Waals surface area contributed by atoms with Crippen LogP contribution in [0, 0.1) is 11.3 Å². The van der Waals surface area contributed by atoms with Crippen LogP contribution in [0.3, 0.4) is 0 Å². The first-order chi connectivity index (χ1) is 19.1. The van der Waals surface area contributed by atoms with Crippen molar-refractivity contribution >= 4 is 17.6 Å². The Hall–Kier alpha value is -3.41. The van der Waals surface area contributed by atoms with E-state index in [1.54, 1.807) is 0 Å². The van der Waals surface area contributed by atoms with Crippen molar-refractivity contribution in [3.05, 3.63) is 65.2 Å². The van der Waals surface area contributed by atoms with Crippen LogP contribution in [-0.4, -0.2) is 74.6 Å². The lowest BCUT2D eigenvalue weighted by Crippen LogP contribution is -2.49. The fourth-order valence-corrected chi connectivity index (χ4v) is 5.24. The van der Waals surface area contributed by atoms with Gasteiger partial charge in [-0.3, -0.25) is 14.5 Å². The van der Waals surface area contributed by atoms with Crippen LogP contribution in [0.15, 0.2) is 48.5 Å². The number of methoxy groups -OCH3 is 1. The minimum Gasteiger partial charge on any atom is -0.469 e. The molecule has 0 saturated carbocycles. The number of unbranched alkanes of at least 4 members (excludes halogenated alkanes) is 1. The molecule has 2 aromatic carbocycles. The van der Waals surface area contributed by atoms with Crippen molar-refractivity contribution in [2.45, 2.75) is 51.2 Å². The molecule has 1 unspecified atom stereocenters. The van der Waals surface area contributed by atoms with Crippen molar-refractivity contribution in [3.63, 3.8) is 0 Å². The van der Waals surface area contributed by atoms with E-state index in [9.17, 15) is 9.59 Å². The summed E-state index contributed by atoms with van der Waals surface area (Å²) < 4.78 is 11.2. The Labute approximate surface area is 232 Å². The Morgan fingerprint density at radius 2 is 1.67 bits per heavy atom. The first kappa shape index (κ1) is 28.6. The van der Waals surface area contributed by atoms with Gasteiger partial charge in [0.1, 0.15) is 0 Å². The number of esters is 1. The summed E-state index contributed by atoms with van der Waals surface area (Å²) in [5.74, 6) is -0.0653. The lowest BCUT2D eigenvalue weighted by Gasteiger charge is -2.36. The minimum atomic E-state index is -0.224. The third-order valence-corrected chi connectivity index (χ3v) is 7.65. The highest BCUT2D eigenvalue weighted by molar-refractivity contribution is 5.76. The largest absolute Gasteiger partial charge is 0.469 e. The molecule has 2 aliphatic rings. The van der Waals surface area contributed by atoms with Gasteiger partial charge < -0.3 is 19.3 Å². The molecule has 0 N–H and O–H groups in total. The van der Waals surface area contributed by atoms with E-state index in [1.807, 2.05) is 29.2 Å². The van der Waals surface area contributed by atoms with Gasteiger partial charge in [0.05, 0.1) is 31.5 Å². The summed E-state index contributed by atoms with van der Waals surface area (Å²) in [4.78, 5) is 30.7. The van der Waals surface area contributed by atoms with Gasteiger partial charge in [-0.1, -0.05) is 24.3 Å². The summed E-state index contributed by atoms with van der Waals surface area (Å²) in [6.07, 6.45) is 4.56. The van der Waals surface area contributed by atoms with Crippen molar-refractivity contribution in [3.8, 4) is 6.07 Å². The van der Waals surface area contributed by atoms with Gasteiger partial charge in [-0.05, 0) is 61.1 Å². The maximum Gasteiger partial charge on any atom is 0.305 e. The number of nitriles is 1. The van der Waals surface area contributed by atoms with Crippen molar-refractivity contribution in [2.24, 2.45) is 0 Å². The number of carbonyl (C=O) groups excluding carboxylic acids is 2. The fraction of sp³-hybridized carbons (Fsp3) is 0.516. The summed E-state index contributed by atoms with van der Waals surface area (Å²) in [5, 5.41) is 9.10. The van der Waals surface area contributed by atoms with E-state index in [0.717, 1.165) is 43.9 Å². The second-order valence-electron chi connectivity index (χ2n) is 10.4. The quantitative estimate of drug-likeness (QED) is 0.298. The van der Waals surface area contributed by atoms with E-state index in [4.69, 9.17) is 10.00 Å². The normalized spacial score (nSPS) is 16.6. The highest BCUT2D eigenvalue weighted by atomic mass is 16.5. The highest BCUT2D eigenvalue weighted by Crippen LogP contribution is 2.27. The van der Waals surface area contributed by atoms with Gasteiger partial charge in [-0.25, -0.2) is 0 Å². The predicted octanol–water partition coefficient (Wildman–Crippen LogP) is 4.29. The number of nitrogens with zero attached hydrogens (tertiary/aromatic N) is 4. The summed E-state index contributed by atoms with van der Waals surface area (Å²) in [7, 11) is 1.39. The third-order valence-electron chi connectivity index (χ3n) is 7.65. The van der Waals surface area contributed by atoms with Gasteiger partial charge in [0, 0.05) is 64.3 Å². The molecule has 2 fully saturated rings. The molecule has 1 atom stereocenters. The summed E-state index contributed by atoms with van der Waals surface area (Å²) in [6, 6.07) is 18.4. The topological polar surface area (TPSA) is 86.1 Å².